The first-order valence-corrected chi connectivity index (χ1v) is 3.74. The van der Waals surface area contributed by atoms with Gasteiger partial charge in [0.1, 0.15) is 6.61 Å². The van der Waals surface area contributed by atoms with Gasteiger partial charge in [0, 0.05) is 7.05 Å². The van der Waals surface area contributed by atoms with Gasteiger partial charge >= 0.3 is 0 Å². The van der Waals surface area contributed by atoms with Crippen LogP contribution in [0.15, 0.2) is 0 Å². The second-order valence-corrected chi connectivity index (χ2v) is 2.29. The Morgan fingerprint density at radius 1 is 1.54 bits per heavy atom. The molecule has 0 aliphatic rings. The molecule has 0 N–H and O–H groups in total. The molecule has 78 valence electrons. The van der Waals surface area contributed by atoms with Crippen molar-refractivity contribution in [2.75, 3.05) is 27.4 Å². The molecule has 0 aromatic carbocycles. The molecule has 0 atom stereocenters. The van der Waals surface area contributed by atoms with Gasteiger partial charge in [-0.1, -0.05) is 0 Å². The Hall–Kier alpha value is -0.750. The average molecular weight is 197 g/mol. The van der Waals surface area contributed by atoms with Crippen LogP contribution in [-0.4, -0.2) is 44.8 Å². The molecule has 13 heavy (non-hydrogen) atoms. The van der Waals surface area contributed by atoms with Gasteiger partial charge in [0.25, 0.3) is 6.43 Å². The highest BCUT2D eigenvalue weighted by Crippen LogP contribution is 1.95. The number of nitrogens with zero attached hydrogens (tertiary/aromatic N) is 1. The lowest BCUT2D eigenvalue weighted by Gasteiger charge is -2.13. The molecule has 0 heterocycles. The van der Waals surface area contributed by atoms with Crippen molar-refractivity contribution in [2.24, 2.45) is 0 Å². The lowest BCUT2D eigenvalue weighted by Crippen LogP contribution is -2.26. The van der Waals surface area contributed by atoms with Crippen molar-refractivity contribution >= 4 is 5.91 Å². The second kappa shape index (κ2) is 6.73. The molecular formula is C7H13F2NO3. The minimum atomic E-state index is -2.49. The summed E-state index contributed by atoms with van der Waals surface area (Å²) < 4.78 is 27.6. The summed E-state index contributed by atoms with van der Waals surface area (Å²) in [5.41, 5.74) is 0. The van der Waals surface area contributed by atoms with Crippen LogP contribution in [0, 0.1) is 0 Å². The van der Waals surface area contributed by atoms with E-state index < -0.39 is 13.0 Å². The minimum Gasteiger partial charge on any atom is -0.375 e. The van der Waals surface area contributed by atoms with Crippen LogP contribution >= 0.6 is 0 Å². The number of rotatable bonds is 6. The van der Waals surface area contributed by atoms with Crippen LogP contribution in [0.4, 0.5) is 8.78 Å². The molecule has 0 saturated heterocycles. The van der Waals surface area contributed by atoms with Crippen molar-refractivity contribution in [1.82, 2.24) is 5.06 Å². The van der Waals surface area contributed by atoms with E-state index in [1.807, 2.05) is 0 Å². The maximum absolute atomic E-state index is 11.5. The van der Waals surface area contributed by atoms with Crippen molar-refractivity contribution < 1.29 is 23.1 Å². The van der Waals surface area contributed by atoms with E-state index in [0.717, 1.165) is 5.06 Å². The van der Waals surface area contributed by atoms with Gasteiger partial charge in [0.2, 0.25) is 5.91 Å². The Labute approximate surface area is 75.4 Å². The van der Waals surface area contributed by atoms with E-state index in [4.69, 9.17) is 0 Å². The maximum Gasteiger partial charge on any atom is 0.261 e. The highest BCUT2D eigenvalue weighted by molar-refractivity contribution is 5.74. The molecule has 0 spiro atoms. The molecule has 0 aromatic heterocycles. The largest absolute Gasteiger partial charge is 0.375 e. The summed E-state index contributed by atoms with van der Waals surface area (Å²) in [7, 11) is 2.79. The number of ether oxygens (including phenoxy) is 1. The molecule has 0 aromatic rings. The number of hydroxylamine groups is 2. The molecule has 0 aliphatic carbocycles. The number of hydrogen-bond donors (Lipinski definition) is 0. The number of hydrogen-bond acceptors (Lipinski definition) is 3. The third-order valence-corrected chi connectivity index (χ3v) is 1.33. The molecule has 6 heteroatoms. The van der Waals surface area contributed by atoms with Crippen molar-refractivity contribution in [3.8, 4) is 0 Å². The first kappa shape index (κ1) is 12.2. The van der Waals surface area contributed by atoms with Crippen LogP contribution in [0.5, 0.6) is 0 Å². The van der Waals surface area contributed by atoms with E-state index in [1.165, 1.54) is 14.2 Å². The van der Waals surface area contributed by atoms with E-state index in [2.05, 4.69) is 9.57 Å². The second-order valence-electron chi connectivity index (χ2n) is 2.29. The molecule has 0 bridgehead atoms. The lowest BCUT2D eigenvalue weighted by atomic mass is 10.4. The summed E-state index contributed by atoms with van der Waals surface area (Å²) in [5.74, 6) is -0.309. The van der Waals surface area contributed by atoms with Gasteiger partial charge < -0.3 is 4.74 Å². The van der Waals surface area contributed by atoms with E-state index >= 15 is 0 Å². The van der Waals surface area contributed by atoms with Crippen molar-refractivity contribution in [3.63, 3.8) is 0 Å². The molecule has 0 radical (unpaired) electrons. The zero-order chi connectivity index (χ0) is 10.3. The fraction of sp³-hybridized carbons (Fsp3) is 0.857. The van der Waals surface area contributed by atoms with Crippen LogP contribution in [-0.2, 0) is 14.4 Å². The van der Waals surface area contributed by atoms with Crippen LogP contribution in [0.1, 0.15) is 6.42 Å². The van der Waals surface area contributed by atoms with Crippen molar-refractivity contribution in [1.29, 1.82) is 0 Å². The summed E-state index contributed by atoms with van der Waals surface area (Å²) in [6.45, 7) is -0.652. The van der Waals surface area contributed by atoms with Gasteiger partial charge in [-0.3, -0.25) is 9.63 Å². The smallest absolute Gasteiger partial charge is 0.261 e. The molecule has 0 saturated carbocycles. The van der Waals surface area contributed by atoms with Crippen LogP contribution in [0.2, 0.25) is 0 Å². The SMILES string of the molecule is CON(C)C(=O)CCOCC(F)F. The zero-order valence-corrected chi connectivity index (χ0v) is 7.63. The Kier molecular flexibility index (Phi) is 6.34. The highest BCUT2D eigenvalue weighted by Gasteiger charge is 2.08. The third-order valence-electron chi connectivity index (χ3n) is 1.33. The van der Waals surface area contributed by atoms with E-state index in [-0.39, 0.29) is 18.9 Å². The molecule has 0 rings (SSSR count). The lowest BCUT2D eigenvalue weighted by molar-refractivity contribution is -0.170. The van der Waals surface area contributed by atoms with Crippen LogP contribution in [0.3, 0.4) is 0 Å². The fourth-order valence-electron chi connectivity index (χ4n) is 0.591. The monoisotopic (exact) mass is 197 g/mol. The molecule has 4 nitrogen and oxygen atoms in total. The number of carbonyl (C=O) groups excluding carboxylic acids is 1. The van der Waals surface area contributed by atoms with Crippen molar-refractivity contribution in [3.05, 3.63) is 0 Å². The van der Waals surface area contributed by atoms with E-state index in [9.17, 15) is 13.6 Å². The summed E-state index contributed by atoms with van der Waals surface area (Å²) in [6, 6.07) is 0. The zero-order valence-electron chi connectivity index (χ0n) is 7.63. The van der Waals surface area contributed by atoms with Gasteiger partial charge in [0.15, 0.2) is 0 Å². The molecule has 1 amide bonds. The summed E-state index contributed by atoms with van der Waals surface area (Å²) in [5, 5.41) is 1.02. The topological polar surface area (TPSA) is 38.8 Å². The fourth-order valence-corrected chi connectivity index (χ4v) is 0.591. The Morgan fingerprint density at radius 2 is 2.15 bits per heavy atom. The van der Waals surface area contributed by atoms with Gasteiger partial charge in [-0.15, -0.1) is 0 Å². The van der Waals surface area contributed by atoms with Crippen LogP contribution in [0.25, 0.3) is 0 Å². The number of halogens is 2. The number of carbonyl (C=O) groups is 1. The van der Waals surface area contributed by atoms with Crippen LogP contribution < -0.4 is 0 Å². The van der Waals surface area contributed by atoms with Gasteiger partial charge in [0.05, 0.1) is 20.1 Å². The Balaban J connectivity index is 3.37. The number of alkyl halides is 2. The summed E-state index contributed by atoms with van der Waals surface area (Å²) in [4.78, 5) is 15.5. The summed E-state index contributed by atoms with van der Waals surface area (Å²) >= 11 is 0. The van der Waals surface area contributed by atoms with Gasteiger partial charge in [-0.05, 0) is 0 Å². The maximum atomic E-state index is 11.5. The molecule has 0 unspecified atom stereocenters. The number of amides is 1. The van der Waals surface area contributed by atoms with Crippen molar-refractivity contribution in [2.45, 2.75) is 12.8 Å². The van der Waals surface area contributed by atoms with Gasteiger partial charge in [-0.2, -0.15) is 0 Å². The first-order valence-electron chi connectivity index (χ1n) is 3.74. The normalized spacial score (nSPS) is 10.5. The third kappa shape index (κ3) is 6.41. The van der Waals surface area contributed by atoms with E-state index in [1.54, 1.807) is 0 Å². The average Bonchev–Trinajstić information content (AvgIpc) is 2.10. The first-order chi connectivity index (χ1) is 6.07. The standard InChI is InChI=1S/C7H13F2NO3/c1-10(12-2)7(11)3-4-13-5-6(8)9/h6H,3-5H2,1-2H3. The molecule has 0 fully saturated rings. The Bertz CT molecular complexity index is 155. The Morgan fingerprint density at radius 3 is 2.62 bits per heavy atom. The predicted octanol–water partition coefficient (Wildman–Crippen LogP) is 0.678. The molecular weight excluding hydrogens is 184 g/mol. The minimum absolute atomic E-state index is 0.0170. The summed E-state index contributed by atoms with van der Waals surface area (Å²) in [6.07, 6.45) is -2.45. The quantitative estimate of drug-likeness (QED) is 0.464. The van der Waals surface area contributed by atoms with Gasteiger partial charge in [-0.25, -0.2) is 13.8 Å². The van der Waals surface area contributed by atoms with E-state index in [0.29, 0.717) is 0 Å². The predicted molar refractivity (Wildman–Crippen MR) is 41.2 cm³/mol. The molecule has 0 aliphatic heterocycles. The highest BCUT2D eigenvalue weighted by atomic mass is 19.3.